The van der Waals surface area contributed by atoms with E-state index in [-0.39, 0.29) is 0 Å². The topological polar surface area (TPSA) is 29.3 Å². The normalized spacial score (nSPS) is 26.5. The quantitative estimate of drug-likeness (QED) is 0.769. The molecule has 0 aromatic rings. The van der Waals surface area contributed by atoms with Gasteiger partial charge in [0.1, 0.15) is 0 Å². The van der Waals surface area contributed by atoms with Crippen molar-refractivity contribution in [3.8, 4) is 0 Å². The first-order chi connectivity index (χ1) is 8.12. The molecule has 1 heterocycles. The molecule has 2 N–H and O–H groups in total. The summed E-state index contributed by atoms with van der Waals surface area (Å²) in [6, 6.07) is 0.398. The van der Waals surface area contributed by atoms with E-state index in [1.54, 1.807) is 0 Å². The molecule has 2 nitrogen and oxygen atoms in total. The van der Waals surface area contributed by atoms with Gasteiger partial charge in [-0.05, 0) is 39.2 Å². The molecule has 0 spiro atoms. The lowest BCUT2D eigenvalue weighted by atomic mass is 9.87. The molecule has 2 heteroatoms. The van der Waals surface area contributed by atoms with E-state index in [1.807, 2.05) is 0 Å². The van der Waals surface area contributed by atoms with E-state index in [1.165, 1.54) is 57.9 Å². The van der Waals surface area contributed by atoms with Crippen molar-refractivity contribution in [1.29, 1.82) is 0 Å². The molecule has 0 aromatic carbocycles. The van der Waals surface area contributed by atoms with E-state index in [9.17, 15) is 0 Å². The molecule has 0 saturated carbocycles. The number of nitrogens with zero attached hydrogens (tertiary/aromatic N) is 1. The Kier molecular flexibility index (Phi) is 6.50. The van der Waals surface area contributed by atoms with Crippen LogP contribution in [0.4, 0.5) is 0 Å². The van der Waals surface area contributed by atoms with Crippen LogP contribution in [0, 0.1) is 0 Å². The van der Waals surface area contributed by atoms with Crippen LogP contribution in [0.1, 0.15) is 72.1 Å². The molecule has 1 aliphatic heterocycles. The highest BCUT2D eigenvalue weighted by Gasteiger charge is 2.31. The van der Waals surface area contributed by atoms with E-state index >= 15 is 0 Å². The fraction of sp³-hybridized carbons (Fsp3) is 1.00. The van der Waals surface area contributed by atoms with E-state index in [2.05, 4.69) is 25.7 Å². The number of nitrogens with two attached hydrogens (primary N) is 1. The van der Waals surface area contributed by atoms with Crippen LogP contribution in [0.5, 0.6) is 0 Å². The van der Waals surface area contributed by atoms with Gasteiger partial charge in [-0.2, -0.15) is 0 Å². The lowest BCUT2D eigenvalue weighted by Gasteiger charge is -2.42. The van der Waals surface area contributed by atoms with Crippen molar-refractivity contribution in [2.75, 3.05) is 13.1 Å². The molecule has 1 aliphatic rings. The van der Waals surface area contributed by atoms with E-state index in [0.29, 0.717) is 11.6 Å². The zero-order valence-electron chi connectivity index (χ0n) is 12.2. The molecule has 2 unspecified atom stereocenters. The lowest BCUT2D eigenvalue weighted by Crippen LogP contribution is -2.50. The zero-order valence-corrected chi connectivity index (χ0v) is 12.2. The van der Waals surface area contributed by atoms with Gasteiger partial charge in [0, 0.05) is 18.1 Å². The van der Waals surface area contributed by atoms with Crippen LogP contribution in [0.2, 0.25) is 0 Å². The molecule has 1 fully saturated rings. The van der Waals surface area contributed by atoms with E-state index in [0.717, 1.165) is 6.54 Å². The summed E-state index contributed by atoms with van der Waals surface area (Å²) < 4.78 is 0. The standard InChI is InChI=1S/C15H32N2/c1-4-6-11-15(3,10-5-2)17-12-8-7-9-14(16)13-17/h14H,4-13,16H2,1-3H3. The molecule has 17 heavy (non-hydrogen) atoms. The minimum Gasteiger partial charge on any atom is -0.327 e. The minimum absolute atomic E-state index is 0.396. The van der Waals surface area contributed by atoms with Crippen molar-refractivity contribution in [2.45, 2.75) is 83.7 Å². The Morgan fingerprint density at radius 2 is 1.94 bits per heavy atom. The van der Waals surface area contributed by atoms with Crippen LogP contribution in [0.25, 0.3) is 0 Å². The van der Waals surface area contributed by atoms with Crippen LogP contribution in [0.15, 0.2) is 0 Å². The number of hydrogen-bond acceptors (Lipinski definition) is 2. The maximum atomic E-state index is 6.20. The van der Waals surface area contributed by atoms with Gasteiger partial charge in [-0.3, -0.25) is 4.90 Å². The molecule has 0 radical (unpaired) electrons. The van der Waals surface area contributed by atoms with Gasteiger partial charge in [-0.15, -0.1) is 0 Å². The third kappa shape index (κ3) is 4.59. The summed E-state index contributed by atoms with van der Waals surface area (Å²) in [5, 5.41) is 0. The monoisotopic (exact) mass is 240 g/mol. The predicted molar refractivity (Wildman–Crippen MR) is 76.2 cm³/mol. The Morgan fingerprint density at radius 3 is 2.59 bits per heavy atom. The van der Waals surface area contributed by atoms with Crippen molar-refractivity contribution < 1.29 is 0 Å². The van der Waals surface area contributed by atoms with Crippen LogP contribution in [0.3, 0.4) is 0 Å². The van der Waals surface area contributed by atoms with Crippen molar-refractivity contribution in [3.63, 3.8) is 0 Å². The van der Waals surface area contributed by atoms with Gasteiger partial charge in [0.25, 0.3) is 0 Å². The van der Waals surface area contributed by atoms with Crippen LogP contribution in [-0.4, -0.2) is 29.6 Å². The molecule has 0 bridgehead atoms. The van der Waals surface area contributed by atoms with Gasteiger partial charge in [0.15, 0.2) is 0 Å². The molecule has 0 aliphatic carbocycles. The van der Waals surface area contributed by atoms with Crippen molar-refractivity contribution in [3.05, 3.63) is 0 Å². The summed E-state index contributed by atoms with van der Waals surface area (Å²) in [6.07, 6.45) is 10.5. The van der Waals surface area contributed by atoms with Gasteiger partial charge in [-0.25, -0.2) is 0 Å². The number of likely N-dealkylation sites (tertiary alicyclic amines) is 1. The Labute approximate surface area is 108 Å². The largest absolute Gasteiger partial charge is 0.327 e. The summed E-state index contributed by atoms with van der Waals surface area (Å²) >= 11 is 0. The van der Waals surface area contributed by atoms with Crippen molar-refractivity contribution in [1.82, 2.24) is 4.90 Å². The van der Waals surface area contributed by atoms with E-state index < -0.39 is 0 Å². The maximum Gasteiger partial charge on any atom is 0.0182 e. The fourth-order valence-corrected chi connectivity index (χ4v) is 3.20. The van der Waals surface area contributed by atoms with Crippen LogP contribution in [-0.2, 0) is 0 Å². The van der Waals surface area contributed by atoms with E-state index in [4.69, 9.17) is 5.73 Å². The first-order valence-corrected chi connectivity index (χ1v) is 7.63. The first-order valence-electron chi connectivity index (χ1n) is 7.63. The Balaban J connectivity index is 2.65. The molecule has 2 atom stereocenters. The number of hydrogen-bond donors (Lipinski definition) is 1. The third-order valence-corrected chi connectivity index (χ3v) is 4.33. The minimum atomic E-state index is 0.396. The van der Waals surface area contributed by atoms with Crippen LogP contribution >= 0.6 is 0 Å². The second-order valence-electron chi connectivity index (χ2n) is 6.05. The van der Waals surface area contributed by atoms with Gasteiger partial charge < -0.3 is 5.73 Å². The maximum absolute atomic E-state index is 6.20. The highest BCUT2D eigenvalue weighted by Crippen LogP contribution is 2.29. The predicted octanol–water partition coefficient (Wildman–Crippen LogP) is 3.55. The highest BCUT2D eigenvalue weighted by molar-refractivity contribution is 4.89. The van der Waals surface area contributed by atoms with Gasteiger partial charge in [-0.1, -0.05) is 39.5 Å². The summed E-state index contributed by atoms with van der Waals surface area (Å²) in [7, 11) is 0. The molecule has 0 aromatic heterocycles. The Morgan fingerprint density at radius 1 is 1.18 bits per heavy atom. The van der Waals surface area contributed by atoms with Crippen LogP contribution < -0.4 is 5.73 Å². The lowest BCUT2D eigenvalue weighted by molar-refractivity contribution is 0.0818. The average Bonchev–Trinajstić information content (AvgIpc) is 2.52. The third-order valence-electron chi connectivity index (χ3n) is 4.33. The summed E-state index contributed by atoms with van der Waals surface area (Å²) in [4.78, 5) is 2.70. The van der Waals surface area contributed by atoms with Gasteiger partial charge in [0.05, 0.1) is 0 Å². The summed E-state index contributed by atoms with van der Waals surface area (Å²) in [5.74, 6) is 0. The summed E-state index contributed by atoms with van der Waals surface area (Å²) in [6.45, 7) is 9.43. The molecular weight excluding hydrogens is 208 g/mol. The summed E-state index contributed by atoms with van der Waals surface area (Å²) in [5.41, 5.74) is 6.60. The molecule has 0 amide bonds. The fourth-order valence-electron chi connectivity index (χ4n) is 3.20. The highest BCUT2D eigenvalue weighted by atomic mass is 15.2. The Hall–Kier alpha value is -0.0800. The molecule has 102 valence electrons. The smallest absolute Gasteiger partial charge is 0.0182 e. The zero-order chi connectivity index (χ0) is 12.7. The second kappa shape index (κ2) is 7.38. The number of unbranched alkanes of at least 4 members (excludes halogenated alkanes) is 1. The second-order valence-corrected chi connectivity index (χ2v) is 6.05. The SMILES string of the molecule is CCCCC(C)(CCC)N1CCCCC(N)C1. The molecule has 1 rings (SSSR count). The van der Waals surface area contributed by atoms with Crippen molar-refractivity contribution >= 4 is 0 Å². The van der Waals surface area contributed by atoms with Gasteiger partial charge >= 0.3 is 0 Å². The Bertz CT molecular complexity index is 205. The van der Waals surface area contributed by atoms with Gasteiger partial charge in [0.2, 0.25) is 0 Å². The van der Waals surface area contributed by atoms with Crippen molar-refractivity contribution in [2.24, 2.45) is 5.73 Å². The average molecular weight is 240 g/mol. The number of rotatable bonds is 6. The molecular formula is C15H32N2. The molecule has 1 saturated heterocycles. The first kappa shape index (κ1) is 15.0.